The van der Waals surface area contributed by atoms with Gasteiger partial charge in [0.05, 0.1) is 15.6 Å². The zero-order chi connectivity index (χ0) is 14.9. The van der Waals surface area contributed by atoms with Crippen LogP contribution in [0.1, 0.15) is 56.7 Å². The van der Waals surface area contributed by atoms with Crippen LogP contribution in [-0.2, 0) is 6.54 Å². The molecule has 1 aromatic carbocycles. The Morgan fingerprint density at radius 3 is 2.48 bits per heavy atom. The van der Waals surface area contributed by atoms with Gasteiger partial charge in [0.15, 0.2) is 0 Å². The van der Waals surface area contributed by atoms with Crippen LogP contribution in [0.15, 0.2) is 30.3 Å². The molecule has 3 rings (SSSR count). The van der Waals surface area contributed by atoms with E-state index in [0.29, 0.717) is 5.92 Å². The molecule has 1 N–H and O–H groups in total. The van der Waals surface area contributed by atoms with Gasteiger partial charge in [0.2, 0.25) is 0 Å². The van der Waals surface area contributed by atoms with Crippen molar-refractivity contribution in [2.24, 2.45) is 0 Å². The maximum absolute atomic E-state index is 4.97. The van der Waals surface area contributed by atoms with Crippen molar-refractivity contribution >= 4 is 11.3 Å². The third-order valence-electron chi connectivity index (χ3n) is 3.99. The highest BCUT2D eigenvalue weighted by Gasteiger charge is 2.25. The molecule has 0 amide bonds. The standard InChI is InChI=1S/C18H24N2S/c1-18(2,3)19-12-15-16(13-8-5-4-6-9-13)21-17(20-15)14-10-7-11-14/h4-6,8-9,14,19H,7,10-12H2,1-3H3. The quantitative estimate of drug-likeness (QED) is 0.862. The molecule has 1 saturated carbocycles. The van der Waals surface area contributed by atoms with Gasteiger partial charge in [-0.1, -0.05) is 36.8 Å². The number of aromatic nitrogens is 1. The molecule has 2 nitrogen and oxygen atoms in total. The molecule has 0 spiro atoms. The van der Waals surface area contributed by atoms with Gasteiger partial charge in [-0.2, -0.15) is 0 Å². The first-order valence-electron chi connectivity index (χ1n) is 7.83. The summed E-state index contributed by atoms with van der Waals surface area (Å²) in [5.41, 5.74) is 2.63. The minimum atomic E-state index is 0.119. The largest absolute Gasteiger partial charge is 0.306 e. The van der Waals surface area contributed by atoms with Gasteiger partial charge >= 0.3 is 0 Å². The van der Waals surface area contributed by atoms with Crippen molar-refractivity contribution in [2.75, 3.05) is 0 Å². The number of nitrogens with one attached hydrogen (secondary N) is 1. The lowest BCUT2D eigenvalue weighted by Crippen LogP contribution is -2.35. The van der Waals surface area contributed by atoms with E-state index in [-0.39, 0.29) is 5.54 Å². The average molecular weight is 300 g/mol. The third kappa shape index (κ3) is 3.53. The second-order valence-electron chi connectivity index (χ2n) is 6.93. The summed E-state index contributed by atoms with van der Waals surface area (Å²) in [4.78, 5) is 6.31. The number of nitrogens with zero attached hydrogens (tertiary/aromatic N) is 1. The zero-order valence-electron chi connectivity index (χ0n) is 13.1. The maximum atomic E-state index is 4.97. The Balaban J connectivity index is 1.90. The summed E-state index contributed by atoms with van der Waals surface area (Å²) in [5, 5.41) is 4.92. The molecule has 1 aromatic heterocycles. The number of thiazole rings is 1. The summed E-state index contributed by atoms with van der Waals surface area (Å²) in [6, 6.07) is 10.7. The van der Waals surface area contributed by atoms with E-state index in [2.05, 4.69) is 56.4 Å². The molecule has 1 heterocycles. The third-order valence-corrected chi connectivity index (χ3v) is 5.30. The summed E-state index contributed by atoms with van der Waals surface area (Å²) in [6.45, 7) is 7.45. The molecule has 0 saturated heterocycles. The zero-order valence-corrected chi connectivity index (χ0v) is 14.0. The Labute approximate surface area is 131 Å². The number of hydrogen-bond donors (Lipinski definition) is 1. The lowest BCUT2D eigenvalue weighted by molar-refractivity contribution is 0.411. The Kier molecular flexibility index (Phi) is 4.14. The fraction of sp³-hybridized carbons (Fsp3) is 0.500. The van der Waals surface area contributed by atoms with Gasteiger partial charge in [0.1, 0.15) is 0 Å². The van der Waals surface area contributed by atoms with Crippen LogP contribution in [-0.4, -0.2) is 10.5 Å². The van der Waals surface area contributed by atoms with E-state index < -0.39 is 0 Å². The Bertz CT molecular complexity index is 591. The van der Waals surface area contributed by atoms with Crippen LogP contribution in [0.2, 0.25) is 0 Å². The van der Waals surface area contributed by atoms with E-state index in [1.54, 1.807) is 0 Å². The molecule has 112 valence electrons. The van der Waals surface area contributed by atoms with Crippen LogP contribution in [0.25, 0.3) is 10.4 Å². The van der Waals surface area contributed by atoms with Gasteiger partial charge in [-0.15, -0.1) is 11.3 Å². The summed E-state index contributed by atoms with van der Waals surface area (Å²) in [5.74, 6) is 0.709. The first-order chi connectivity index (χ1) is 10.0. The fourth-order valence-corrected chi connectivity index (χ4v) is 3.74. The molecule has 0 atom stereocenters. The molecule has 21 heavy (non-hydrogen) atoms. The molecule has 1 aliphatic carbocycles. The van der Waals surface area contributed by atoms with Crippen molar-refractivity contribution in [3.63, 3.8) is 0 Å². The topological polar surface area (TPSA) is 24.9 Å². The first-order valence-corrected chi connectivity index (χ1v) is 8.64. The first kappa shape index (κ1) is 14.7. The Hall–Kier alpha value is -1.19. The van der Waals surface area contributed by atoms with Crippen molar-refractivity contribution in [3.8, 4) is 10.4 Å². The van der Waals surface area contributed by atoms with Gasteiger partial charge in [0.25, 0.3) is 0 Å². The van der Waals surface area contributed by atoms with Crippen LogP contribution in [0, 0.1) is 0 Å². The van der Waals surface area contributed by atoms with E-state index >= 15 is 0 Å². The molecule has 2 aromatic rings. The molecule has 0 unspecified atom stereocenters. The highest BCUT2D eigenvalue weighted by molar-refractivity contribution is 7.15. The van der Waals surface area contributed by atoms with E-state index in [1.807, 2.05) is 11.3 Å². The average Bonchev–Trinajstić information content (AvgIpc) is 2.78. The molecule has 1 aliphatic rings. The lowest BCUT2D eigenvalue weighted by atomic mass is 9.86. The normalized spacial score (nSPS) is 16.0. The SMILES string of the molecule is CC(C)(C)NCc1nc(C2CCC2)sc1-c1ccccc1. The van der Waals surface area contributed by atoms with Crippen molar-refractivity contribution in [3.05, 3.63) is 41.0 Å². The molecule has 0 aliphatic heterocycles. The Morgan fingerprint density at radius 2 is 1.90 bits per heavy atom. The maximum Gasteiger partial charge on any atom is 0.0966 e. The number of hydrogen-bond acceptors (Lipinski definition) is 3. The van der Waals surface area contributed by atoms with Crippen LogP contribution in [0.5, 0.6) is 0 Å². The van der Waals surface area contributed by atoms with Gasteiger partial charge in [0, 0.05) is 18.0 Å². The van der Waals surface area contributed by atoms with E-state index in [1.165, 1.54) is 40.4 Å². The lowest BCUT2D eigenvalue weighted by Gasteiger charge is -2.22. The minimum absolute atomic E-state index is 0.119. The van der Waals surface area contributed by atoms with E-state index in [0.717, 1.165) is 6.54 Å². The molecule has 0 bridgehead atoms. The molecule has 0 radical (unpaired) electrons. The summed E-state index contributed by atoms with van der Waals surface area (Å²) in [7, 11) is 0. The second kappa shape index (κ2) is 5.90. The summed E-state index contributed by atoms with van der Waals surface area (Å²) in [6.07, 6.45) is 3.99. The highest BCUT2D eigenvalue weighted by Crippen LogP contribution is 2.42. The van der Waals surface area contributed by atoms with Gasteiger partial charge in [-0.05, 0) is 39.2 Å². The summed E-state index contributed by atoms with van der Waals surface area (Å²) < 4.78 is 0. The predicted octanol–water partition coefficient (Wildman–Crippen LogP) is 4.97. The van der Waals surface area contributed by atoms with Crippen molar-refractivity contribution in [2.45, 2.75) is 58.0 Å². The molecular formula is C18H24N2S. The van der Waals surface area contributed by atoms with Crippen LogP contribution in [0.3, 0.4) is 0 Å². The van der Waals surface area contributed by atoms with Crippen molar-refractivity contribution < 1.29 is 0 Å². The van der Waals surface area contributed by atoms with Crippen LogP contribution < -0.4 is 5.32 Å². The van der Waals surface area contributed by atoms with Crippen molar-refractivity contribution in [1.29, 1.82) is 0 Å². The van der Waals surface area contributed by atoms with Gasteiger partial charge in [-0.3, -0.25) is 0 Å². The minimum Gasteiger partial charge on any atom is -0.306 e. The molecular weight excluding hydrogens is 276 g/mol. The second-order valence-corrected chi connectivity index (χ2v) is 7.96. The predicted molar refractivity (Wildman–Crippen MR) is 90.7 cm³/mol. The molecule has 1 fully saturated rings. The van der Waals surface area contributed by atoms with Crippen LogP contribution in [0.4, 0.5) is 0 Å². The van der Waals surface area contributed by atoms with Crippen LogP contribution >= 0.6 is 11.3 Å². The highest BCUT2D eigenvalue weighted by atomic mass is 32.1. The fourth-order valence-electron chi connectivity index (χ4n) is 2.48. The number of rotatable bonds is 4. The smallest absolute Gasteiger partial charge is 0.0966 e. The number of benzene rings is 1. The molecule has 3 heteroatoms. The van der Waals surface area contributed by atoms with E-state index in [9.17, 15) is 0 Å². The monoisotopic (exact) mass is 300 g/mol. The summed E-state index contributed by atoms with van der Waals surface area (Å²) >= 11 is 1.90. The van der Waals surface area contributed by atoms with Gasteiger partial charge in [-0.25, -0.2) is 4.98 Å². The Morgan fingerprint density at radius 1 is 1.19 bits per heavy atom. The van der Waals surface area contributed by atoms with E-state index in [4.69, 9.17) is 4.98 Å². The van der Waals surface area contributed by atoms with Gasteiger partial charge < -0.3 is 5.32 Å². The van der Waals surface area contributed by atoms with Crippen molar-refractivity contribution in [1.82, 2.24) is 10.3 Å².